The Bertz CT molecular complexity index is 2890. The normalized spacial score (nSPS) is 12.0. The van der Waals surface area contributed by atoms with Gasteiger partial charge in [0.1, 0.15) is 67.6 Å². The maximum Gasteiger partial charge on any atom is 0.320 e. The Hall–Kier alpha value is -7.10. The van der Waals surface area contributed by atoms with Crippen molar-refractivity contribution in [3.8, 4) is 40.2 Å². The molecule has 16 nitrogen and oxygen atoms in total. The number of ether oxygens (including phenoxy) is 4. The summed E-state index contributed by atoms with van der Waals surface area (Å²) in [6, 6.07) is 22.2. The minimum atomic E-state index is -1.11. The standard InChI is InChI=1S/C53H54Cl2N6O10/c1-32-38(30-70-50-18-48(68-28-36-14-34(20-56)22-58-24-36)40(16-44(50)54)26-60-46(10-12-62)52(64)65)6-4-8-42(32)43-9-5-7-39(33(43)2)31-71-51-19-49(69-29-37-15-35(21-57-3)23-59-25-37)41(17-45(51)55)27-61-47(11-13-63)53(66)67/h4-9,14-19,21-25,46-47,60-63H,10-13,26-31H2,1-3H3,(H,64,65)(H,66,67). The first kappa shape index (κ1) is 53.3. The van der Waals surface area contributed by atoms with Crippen molar-refractivity contribution in [1.29, 1.82) is 5.26 Å². The third kappa shape index (κ3) is 14.7. The number of hydrogen-bond donors (Lipinski definition) is 6. The summed E-state index contributed by atoms with van der Waals surface area (Å²) in [5.41, 5.74) is 9.43. The van der Waals surface area contributed by atoms with E-state index in [2.05, 4.69) is 31.7 Å². The van der Waals surface area contributed by atoms with Crippen molar-refractivity contribution >= 4 is 41.4 Å². The molecule has 6 aromatic rings. The van der Waals surface area contributed by atoms with Crippen LogP contribution in [-0.2, 0) is 49.1 Å². The zero-order valence-corrected chi connectivity index (χ0v) is 40.8. The zero-order valence-electron chi connectivity index (χ0n) is 39.3. The lowest BCUT2D eigenvalue weighted by Gasteiger charge is -2.20. The van der Waals surface area contributed by atoms with Gasteiger partial charge < -0.3 is 50.0 Å². The summed E-state index contributed by atoms with van der Waals surface area (Å²) in [7, 11) is 1.67. The highest BCUT2D eigenvalue weighted by atomic mass is 35.5. The van der Waals surface area contributed by atoms with Gasteiger partial charge in [-0.1, -0.05) is 59.6 Å². The first-order chi connectivity index (χ1) is 34.3. The number of benzene rings is 4. The maximum absolute atomic E-state index is 11.8. The molecule has 0 radical (unpaired) electrons. The summed E-state index contributed by atoms with van der Waals surface area (Å²) in [6.45, 7) is 4.07. The number of hydrogen-bond acceptors (Lipinski definition) is 14. The Balaban J connectivity index is 1.21. The second-order valence-corrected chi connectivity index (χ2v) is 17.2. The molecule has 370 valence electrons. The largest absolute Gasteiger partial charge is 0.488 e. The number of carboxylic acids is 2. The summed E-state index contributed by atoms with van der Waals surface area (Å²) >= 11 is 13.6. The van der Waals surface area contributed by atoms with Gasteiger partial charge in [-0.2, -0.15) is 5.26 Å². The van der Waals surface area contributed by atoms with Crippen LogP contribution in [0.4, 0.5) is 0 Å². The van der Waals surface area contributed by atoms with Gasteiger partial charge in [-0.25, -0.2) is 0 Å². The van der Waals surface area contributed by atoms with Crippen LogP contribution in [0.3, 0.4) is 0 Å². The fourth-order valence-electron chi connectivity index (χ4n) is 7.60. The van der Waals surface area contributed by atoms with Crippen molar-refractivity contribution in [1.82, 2.24) is 20.6 Å². The lowest BCUT2D eigenvalue weighted by Crippen LogP contribution is -2.37. The van der Waals surface area contributed by atoms with Crippen molar-refractivity contribution in [3.63, 3.8) is 0 Å². The van der Waals surface area contributed by atoms with Gasteiger partial charge in [-0.3, -0.25) is 24.5 Å². The molecule has 0 spiro atoms. The lowest BCUT2D eigenvalue weighted by molar-refractivity contribution is -0.140. The third-order valence-electron chi connectivity index (χ3n) is 11.5. The van der Waals surface area contributed by atoms with Gasteiger partial charge in [-0.05, 0) is 84.3 Å². The van der Waals surface area contributed by atoms with E-state index in [0.717, 1.165) is 44.5 Å². The summed E-state index contributed by atoms with van der Waals surface area (Å²) < 4.78 is 25.2. The van der Waals surface area contributed by atoms with Crippen molar-refractivity contribution in [3.05, 3.63) is 163 Å². The number of aromatic nitrogens is 2. The second-order valence-electron chi connectivity index (χ2n) is 16.4. The molecular formula is C53H54Cl2N6O10. The van der Waals surface area contributed by atoms with Gasteiger partial charge >= 0.3 is 11.9 Å². The number of rotatable bonds is 26. The lowest BCUT2D eigenvalue weighted by atomic mass is 9.92. The molecule has 0 aliphatic rings. The topological polar surface area (TPSA) is 238 Å². The Morgan fingerprint density at radius 1 is 0.662 bits per heavy atom. The molecule has 2 unspecified atom stereocenters. The molecule has 2 aromatic heterocycles. The highest BCUT2D eigenvalue weighted by Gasteiger charge is 2.21. The average molecular weight is 1010 g/mol. The molecule has 0 amide bonds. The van der Waals surface area contributed by atoms with Crippen molar-refractivity contribution < 1.29 is 49.0 Å². The monoisotopic (exact) mass is 1000 g/mol. The van der Waals surface area contributed by atoms with Gasteiger partial charge in [0.05, 0.1) is 15.6 Å². The number of aliphatic hydroxyl groups is 2. The van der Waals surface area contributed by atoms with E-state index >= 15 is 0 Å². The van der Waals surface area contributed by atoms with Crippen LogP contribution in [0, 0.1) is 25.2 Å². The average Bonchev–Trinajstić information content (AvgIpc) is 3.36. The minimum absolute atomic E-state index is 0.00128. The number of aliphatic imine (C=N–C) groups is 1. The summed E-state index contributed by atoms with van der Waals surface area (Å²) in [6.07, 6.45) is 8.11. The van der Waals surface area contributed by atoms with Crippen LogP contribution in [0.2, 0.25) is 10.0 Å². The molecule has 0 aliphatic carbocycles. The van der Waals surface area contributed by atoms with Crippen LogP contribution < -0.4 is 29.6 Å². The summed E-state index contributed by atoms with van der Waals surface area (Å²) in [5.74, 6) is -0.730. The predicted molar refractivity (Wildman–Crippen MR) is 268 cm³/mol. The van der Waals surface area contributed by atoms with Crippen LogP contribution >= 0.6 is 23.2 Å². The number of pyridine rings is 2. The van der Waals surface area contributed by atoms with Crippen LogP contribution in [0.25, 0.3) is 11.1 Å². The molecule has 2 atom stereocenters. The number of nitrogens with one attached hydrogen (secondary N) is 2. The number of nitrogens with zero attached hydrogens (tertiary/aromatic N) is 4. The van der Waals surface area contributed by atoms with Gasteiger partial charge in [-0.15, -0.1) is 0 Å². The predicted octanol–water partition coefficient (Wildman–Crippen LogP) is 8.15. The van der Waals surface area contributed by atoms with E-state index in [1.54, 1.807) is 62.2 Å². The van der Waals surface area contributed by atoms with Crippen LogP contribution in [-0.4, -0.2) is 80.9 Å². The van der Waals surface area contributed by atoms with Crippen molar-refractivity contribution in [2.75, 3.05) is 20.3 Å². The van der Waals surface area contributed by atoms with Gasteiger partial charge in [0.15, 0.2) is 0 Å². The molecule has 0 saturated heterocycles. The number of nitriles is 1. The quantitative estimate of drug-likeness (QED) is 0.0281. The Kier molecular flexibility index (Phi) is 19.7. The highest BCUT2D eigenvalue weighted by Crippen LogP contribution is 2.37. The molecule has 18 heteroatoms. The number of halogens is 2. The number of aliphatic hydroxyl groups excluding tert-OH is 2. The van der Waals surface area contributed by atoms with E-state index in [-0.39, 0.29) is 70.6 Å². The Morgan fingerprint density at radius 2 is 1.13 bits per heavy atom. The molecule has 0 fully saturated rings. The second kappa shape index (κ2) is 26.2. The third-order valence-corrected chi connectivity index (χ3v) is 12.1. The molecule has 0 bridgehead atoms. The van der Waals surface area contributed by atoms with E-state index in [1.165, 1.54) is 6.20 Å². The molecule has 6 rings (SSSR count). The van der Waals surface area contributed by atoms with Crippen molar-refractivity contribution in [2.45, 2.75) is 78.3 Å². The van der Waals surface area contributed by atoms with E-state index in [0.29, 0.717) is 50.3 Å². The Morgan fingerprint density at radius 3 is 1.58 bits per heavy atom. The molecule has 0 saturated carbocycles. The van der Waals surface area contributed by atoms with E-state index in [1.807, 2.05) is 56.3 Å². The van der Waals surface area contributed by atoms with Crippen molar-refractivity contribution in [2.24, 2.45) is 4.99 Å². The van der Waals surface area contributed by atoms with E-state index < -0.39 is 24.0 Å². The fourth-order valence-corrected chi connectivity index (χ4v) is 8.08. The smallest absolute Gasteiger partial charge is 0.320 e. The maximum atomic E-state index is 11.8. The summed E-state index contributed by atoms with van der Waals surface area (Å²) in [5, 5.41) is 54.0. The fraction of sp³-hybridized carbons (Fsp3) is 0.283. The van der Waals surface area contributed by atoms with Crippen LogP contribution in [0.15, 0.2) is 103 Å². The molecule has 6 N–H and O–H groups in total. The molecular weight excluding hydrogens is 952 g/mol. The number of aliphatic carboxylic acids is 2. The van der Waals surface area contributed by atoms with Crippen LogP contribution in [0.5, 0.6) is 23.0 Å². The summed E-state index contributed by atoms with van der Waals surface area (Å²) in [4.78, 5) is 36.1. The molecule has 71 heavy (non-hydrogen) atoms. The number of carbonyl (C=O) groups is 2. The SMILES string of the molecule is CN=Cc1cncc(COc2cc(OCc3cccc(-c4cccc(COc5cc(OCc6cncc(C#N)c6)c(CNC(CCO)C(=O)O)cc5Cl)c4C)c3C)c(Cl)cc2CNC(CCO)C(=O)O)c1. The first-order valence-corrected chi connectivity index (χ1v) is 23.2. The molecule has 4 aromatic carbocycles. The first-order valence-electron chi connectivity index (χ1n) is 22.5. The van der Waals surface area contributed by atoms with Gasteiger partial charge in [0.2, 0.25) is 0 Å². The van der Waals surface area contributed by atoms with Crippen LogP contribution in [0.1, 0.15) is 68.5 Å². The molecule has 2 heterocycles. The van der Waals surface area contributed by atoms with Gasteiger partial charge in [0.25, 0.3) is 0 Å². The van der Waals surface area contributed by atoms with E-state index in [4.69, 9.17) is 42.1 Å². The zero-order chi connectivity index (χ0) is 50.9. The highest BCUT2D eigenvalue weighted by molar-refractivity contribution is 6.32. The Labute approximate surface area is 421 Å². The minimum Gasteiger partial charge on any atom is -0.488 e. The molecule has 0 aliphatic heterocycles. The van der Waals surface area contributed by atoms with E-state index in [9.17, 15) is 35.3 Å². The number of carboxylic acid groups (broad SMARTS) is 2. The van der Waals surface area contributed by atoms with Gasteiger partial charge in [0, 0.05) is 104 Å².